The van der Waals surface area contributed by atoms with Gasteiger partial charge in [0.2, 0.25) is 17.7 Å². The first-order valence-electron chi connectivity index (χ1n) is 7.93. The average molecular weight is 424 g/mol. The number of carbonyl (C=O) groups excluding carboxylic acids is 1. The van der Waals surface area contributed by atoms with Crippen LogP contribution in [-0.4, -0.2) is 35.4 Å². The highest BCUT2D eigenvalue weighted by Gasteiger charge is 2.30. The van der Waals surface area contributed by atoms with Crippen LogP contribution in [0.5, 0.6) is 11.8 Å². The monoisotopic (exact) mass is 424 g/mol. The van der Waals surface area contributed by atoms with Gasteiger partial charge in [-0.1, -0.05) is 0 Å². The van der Waals surface area contributed by atoms with E-state index in [1.807, 2.05) is 0 Å². The van der Waals surface area contributed by atoms with Crippen LogP contribution in [0.15, 0.2) is 30.3 Å². The Morgan fingerprint density at radius 3 is 2.07 bits per heavy atom. The SMILES string of the molecule is CCOc1cc(OCC(F)(F)F)nc(NC(=O)Nc2ccc(C(F)(F)F)cc2)n1. The van der Waals surface area contributed by atoms with Crippen molar-refractivity contribution in [1.82, 2.24) is 9.97 Å². The Hall–Kier alpha value is -3.25. The number of ether oxygens (including phenoxy) is 2. The fraction of sp³-hybridized carbons (Fsp3) is 0.312. The molecule has 1 heterocycles. The maximum atomic E-state index is 12.5. The predicted molar refractivity (Wildman–Crippen MR) is 88.8 cm³/mol. The van der Waals surface area contributed by atoms with Crippen LogP contribution in [0.25, 0.3) is 0 Å². The van der Waals surface area contributed by atoms with Crippen LogP contribution in [-0.2, 0) is 6.18 Å². The van der Waals surface area contributed by atoms with Crippen molar-refractivity contribution >= 4 is 17.7 Å². The highest BCUT2D eigenvalue weighted by atomic mass is 19.4. The molecule has 0 aliphatic heterocycles. The lowest BCUT2D eigenvalue weighted by molar-refractivity contribution is -0.154. The van der Waals surface area contributed by atoms with Crippen molar-refractivity contribution in [2.75, 3.05) is 23.8 Å². The Morgan fingerprint density at radius 2 is 1.55 bits per heavy atom. The summed E-state index contributed by atoms with van der Waals surface area (Å²) in [5.41, 5.74) is -0.868. The molecule has 1 aromatic heterocycles. The Kier molecular flexibility index (Phi) is 6.72. The first-order valence-corrected chi connectivity index (χ1v) is 7.93. The third-order valence-corrected chi connectivity index (χ3v) is 3.05. The van der Waals surface area contributed by atoms with E-state index in [9.17, 15) is 31.1 Å². The lowest BCUT2D eigenvalue weighted by Gasteiger charge is -2.12. The second-order valence-electron chi connectivity index (χ2n) is 5.36. The maximum Gasteiger partial charge on any atom is 0.422 e. The summed E-state index contributed by atoms with van der Waals surface area (Å²) in [6.45, 7) is 0.114. The van der Waals surface area contributed by atoms with Gasteiger partial charge in [-0.25, -0.2) is 4.79 Å². The molecule has 2 N–H and O–H groups in total. The van der Waals surface area contributed by atoms with Gasteiger partial charge >= 0.3 is 18.4 Å². The number of benzene rings is 1. The normalized spacial score (nSPS) is 11.7. The molecule has 0 saturated carbocycles. The minimum absolute atomic E-state index is 0.0324. The number of amides is 2. The number of alkyl halides is 6. The Morgan fingerprint density at radius 1 is 0.966 bits per heavy atom. The molecule has 29 heavy (non-hydrogen) atoms. The second kappa shape index (κ2) is 8.84. The lowest BCUT2D eigenvalue weighted by Crippen LogP contribution is -2.22. The van der Waals surface area contributed by atoms with Gasteiger partial charge in [-0.3, -0.25) is 5.32 Å². The van der Waals surface area contributed by atoms with E-state index >= 15 is 0 Å². The smallest absolute Gasteiger partial charge is 0.422 e. The summed E-state index contributed by atoms with van der Waals surface area (Å²) in [6, 6.07) is 3.65. The number of hydrogen-bond donors (Lipinski definition) is 2. The van der Waals surface area contributed by atoms with Gasteiger partial charge in [0, 0.05) is 5.69 Å². The number of hydrogen-bond acceptors (Lipinski definition) is 5. The molecular weight excluding hydrogens is 410 g/mol. The predicted octanol–water partition coefficient (Wildman–Crippen LogP) is 4.48. The fourth-order valence-corrected chi connectivity index (χ4v) is 1.92. The number of carbonyl (C=O) groups is 1. The van der Waals surface area contributed by atoms with E-state index in [2.05, 4.69) is 25.3 Å². The highest BCUT2D eigenvalue weighted by molar-refractivity contribution is 5.98. The van der Waals surface area contributed by atoms with Crippen LogP contribution in [0.2, 0.25) is 0 Å². The van der Waals surface area contributed by atoms with E-state index in [1.165, 1.54) is 0 Å². The molecule has 2 rings (SSSR count). The van der Waals surface area contributed by atoms with E-state index in [4.69, 9.17) is 4.74 Å². The van der Waals surface area contributed by atoms with Gasteiger partial charge in [0.05, 0.1) is 18.2 Å². The molecule has 0 saturated heterocycles. The van der Waals surface area contributed by atoms with Crippen molar-refractivity contribution < 1.29 is 40.6 Å². The van der Waals surface area contributed by atoms with Crippen molar-refractivity contribution in [2.24, 2.45) is 0 Å². The molecule has 0 atom stereocenters. The second-order valence-corrected chi connectivity index (χ2v) is 5.36. The molecule has 13 heteroatoms. The number of nitrogens with zero attached hydrogens (tertiary/aromatic N) is 2. The zero-order valence-corrected chi connectivity index (χ0v) is 14.7. The molecule has 0 aliphatic rings. The summed E-state index contributed by atoms with van der Waals surface area (Å²) >= 11 is 0. The fourth-order valence-electron chi connectivity index (χ4n) is 1.92. The van der Waals surface area contributed by atoms with Crippen LogP contribution < -0.4 is 20.1 Å². The largest absolute Gasteiger partial charge is 0.478 e. The zero-order chi connectivity index (χ0) is 21.7. The van der Waals surface area contributed by atoms with Crippen LogP contribution in [0.1, 0.15) is 12.5 Å². The molecule has 0 spiro atoms. The average Bonchev–Trinajstić information content (AvgIpc) is 2.59. The lowest BCUT2D eigenvalue weighted by atomic mass is 10.2. The van der Waals surface area contributed by atoms with Crippen molar-refractivity contribution in [3.05, 3.63) is 35.9 Å². The van der Waals surface area contributed by atoms with Crippen LogP contribution in [0.4, 0.5) is 42.8 Å². The maximum absolute atomic E-state index is 12.5. The van der Waals surface area contributed by atoms with E-state index in [1.54, 1.807) is 6.92 Å². The highest BCUT2D eigenvalue weighted by Crippen LogP contribution is 2.30. The van der Waals surface area contributed by atoms with Gasteiger partial charge in [0.15, 0.2) is 6.61 Å². The van der Waals surface area contributed by atoms with E-state index in [0.717, 1.165) is 30.3 Å². The number of rotatable bonds is 6. The van der Waals surface area contributed by atoms with Gasteiger partial charge in [0.25, 0.3) is 0 Å². The topological polar surface area (TPSA) is 85.4 Å². The minimum atomic E-state index is -4.61. The molecule has 2 amide bonds. The summed E-state index contributed by atoms with van der Waals surface area (Å²) < 4.78 is 84.1. The van der Waals surface area contributed by atoms with Crippen molar-refractivity contribution in [3.8, 4) is 11.8 Å². The van der Waals surface area contributed by atoms with Crippen LogP contribution in [0, 0.1) is 0 Å². The summed E-state index contributed by atoms with van der Waals surface area (Å²) in [5, 5.41) is 4.37. The number of urea groups is 1. The van der Waals surface area contributed by atoms with E-state index < -0.39 is 42.4 Å². The van der Waals surface area contributed by atoms with Gasteiger partial charge in [0.1, 0.15) is 0 Å². The van der Waals surface area contributed by atoms with Gasteiger partial charge in [-0.05, 0) is 31.2 Å². The molecule has 0 unspecified atom stereocenters. The molecule has 0 radical (unpaired) electrons. The zero-order valence-electron chi connectivity index (χ0n) is 14.7. The summed E-state index contributed by atoms with van der Waals surface area (Å²) in [4.78, 5) is 19.4. The minimum Gasteiger partial charge on any atom is -0.478 e. The van der Waals surface area contributed by atoms with Gasteiger partial charge in [-0.2, -0.15) is 36.3 Å². The third-order valence-electron chi connectivity index (χ3n) is 3.05. The Labute approximate surface area is 160 Å². The number of nitrogens with one attached hydrogen (secondary N) is 2. The van der Waals surface area contributed by atoms with Gasteiger partial charge < -0.3 is 14.8 Å². The molecule has 2 aromatic rings. The number of aromatic nitrogens is 2. The first-order chi connectivity index (χ1) is 13.5. The number of anilines is 2. The summed E-state index contributed by atoms with van der Waals surface area (Å²) in [5.74, 6) is -1.08. The number of halogens is 6. The Balaban J connectivity index is 2.08. The molecular formula is C16H14F6N4O3. The van der Waals surface area contributed by atoms with Crippen molar-refractivity contribution in [1.29, 1.82) is 0 Å². The van der Waals surface area contributed by atoms with Crippen molar-refractivity contribution in [2.45, 2.75) is 19.3 Å². The quantitative estimate of drug-likeness (QED) is 0.668. The van der Waals surface area contributed by atoms with Gasteiger partial charge in [-0.15, -0.1) is 0 Å². The summed E-state index contributed by atoms with van der Waals surface area (Å²) in [7, 11) is 0. The molecule has 1 aromatic carbocycles. The molecule has 158 valence electrons. The first kappa shape index (κ1) is 22.0. The third kappa shape index (κ3) is 7.35. The molecule has 0 aliphatic carbocycles. The Bertz CT molecular complexity index is 840. The van der Waals surface area contributed by atoms with Crippen LogP contribution in [0.3, 0.4) is 0 Å². The standard InChI is InChI=1S/C16H14F6N4O3/c1-2-28-11-7-12(29-8-15(17,18)19)25-13(24-11)26-14(27)23-10-5-3-9(4-6-10)16(20,21)22/h3-7H,2,8H2,1H3,(H2,23,24,25,26,27). The molecule has 7 nitrogen and oxygen atoms in total. The van der Waals surface area contributed by atoms with E-state index in [-0.39, 0.29) is 18.2 Å². The van der Waals surface area contributed by atoms with Crippen LogP contribution >= 0.6 is 0 Å². The molecule has 0 fully saturated rings. The molecule has 0 bridgehead atoms. The van der Waals surface area contributed by atoms with Crippen molar-refractivity contribution in [3.63, 3.8) is 0 Å². The summed E-state index contributed by atoms with van der Waals surface area (Å²) in [6.07, 6.45) is -9.13. The van der Waals surface area contributed by atoms with E-state index in [0.29, 0.717) is 0 Å².